The molecule has 0 aromatic carbocycles. The molecule has 0 aliphatic carbocycles. The van der Waals surface area contributed by atoms with Crippen molar-refractivity contribution in [3.8, 4) is 0 Å². The van der Waals surface area contributed by atoms with Crippen molar-refractivity contribution in [2.75, 3.05) is 21.1 Å². The van der Waals surface area contributed by atoms with Crippen LogP contribution in [-0.4, -0.2) is 32.0 Å². The molecule has 0 fully saturated rings. The van der Waals surface area contributed by atoms with Gasteiger partial charge in [0.2, 0.25) is 0 Å². The zero-order valence-electron chi connectivity index (χ0n) is 5.68. The Bertz CT molecular complexity index is 79.4. The van der Waals surface area contributed by atoms with E-state index in [0.717, 1.165) is 0 Å². The largest absolute Gasteiger partial charge is 0.370 e. The quantitative estimate of drug-likeness (QED) is 0.299. The first kappa shape index (κ1) is 10.8. The van der Waals surface area contributed by atoms with Gasteiger partial charge in [0.05, 0.1) is 0 Å². The Labute approximate surface area is 62.7 Å². The minimum absolute atomic E-state index is 0. The Balaban J connectivity index is 0. The molecule has 0 atom stereocenters. The molecular weight excluding hydrogens is 155 g/mol. The molecule has 3 nitrogen and oxygen atoms in total. The Morgan fingerprint density at radius 1 is 1.50 bits per heavy atom. The maximum absolute atomic E-state index is 5.29. The summed E-state index contributed by atoms with van der Waals surface area (Å²) in [5, 5.41) is 0. The SMILES string of the molecule is CN=C(N)N(C)C.[Zn]. The summed E-state index contributed by atoms with van der Waals surface area (Å²) >= 11 is 0. The van der Waals surface area contributed by atoms with E-state index in [-0.39, 0.29) is 19.5 Å². The van der Waals surface area contributed by atoms with Gasteiger partial charge in [-0.1, -0.05) is 0 Å². The topological polar surface area (TPSA) is 41.6 Å². The molecule has 0 radical (unpaired) electrons. The molecular formula is C4H11N3Zn. The van der Waals surface area contributed by atoms with E-state index in [4.69, 9.17) is 5.73 Å². The number of guanidine groups is 1. The second-order valence-electron chi connectivity index (χ2n) is 1.48. The third-order valence-electron chi connectivity index (χ3n) is 0.687. The van der Waals surface area contributed by atoms with E-state index in [1.807, 2.05) is 14.1 Å². The van der Waals surface area contributed by atoms with Gasteiger partial charge in [-0.3, -0.25) is 4.99 Å². The molecule has 0 spiro atoms. The molecule has 8 heavy (non-hydrogen) atoms. The van der Waals surface area contributed by atoms with Crippen molar-refractivity contribution in [2.45, 2.75) is 0 Å². The van der Waals surface area contributed by atoms with Crippen LogP contribution in [0.5, 0.6) is 0 Å². The summed E-state index contributed by atoms with van der Waals surface area (Å²) < 4.78 is 0. The average Bonchev–Trinajstić information content (AvgIpc) is 1.65. The van der Waals surface area contributed by atoms with Crippen molar-refractivity contribution in [2.24, 2.45) is 10.7 Å². The van der Waals surface area contributed by atoms with Crippen LogP contribution in [0.4, 0.5) is 0 Å². The van der Waals surface area contributed by atoms with Crippen molar-refractivity contribution < 1.29 is 19.5 Å². The first-order valence-corrected chi connectivity index (χ1v) is 2.08. The third-order valence-corrected chi connectivity index (χ3v) is 0.687. The fourth-order valence-electron chi connectivity index (χ4n) is 0.200. The van der Waals surface area contributed by atoms with Gasteiger partial charge in [0.15, 0.2) is 5.96 Å². The number of nitrogens with zero attached hydrogens (tertiary/aromatic N) is 2. The van der Waals surface area contributed by atoms with Crippen LogP contribution in [0.1, 0.15) is 0 Å². The number of rotatable bonds is 0. The van der Waals surface area contributed by atoms with E-state index in [9.17, 15) is 0 Å². The second kappa shape index (κ2) is 5.04. The van der Waals surface area contributed by atoms with Gasteiger partial charge in [0.25, 0.3) is 0 Å². The Morgan fingerprint density at radius 3 is 1.88 bits per heavy atom. The van der Waals surface area contributed by atoms with E-state index < -0.39 is 0 Å². The van der Waals surface area contributed by atoms with Crippen molar-refractivity contribution >= 4 is 5.96 Å². The number of hydrogen-bond donors (Lipinski definition) is 1. The maximum atomic E-state index is 5.29. The van der Waals surface area contributed by atoms with Crippen LogP contribution in [0.25, 0.3) is 0 Å². The molecule has 0 aliphatic rings. The van der Waals surface area contributed by atoms with Crippen LogP contribution in [0.3, 0.4) is 0 Å². The van der Waals surface area contributed by atoms with Gasteiger partial charge in [-0.25, -0.2) is 0 Å². The van der Waals surface area contributed by atoms with Crippen LogP contribution in [0.2, 0.25) is 0 Å². The van der Waals surface area contributed by atoms with Gasteiger partial charge < -0.3 is 10.6 Å². The molecule has 0 aromatic rings. The second-order valence-corrected chi connectivity index (χ2v) is 1.48. The Morgan fingerprint density at radius 2 is 1.88 bits per heavy atom. The molecule has 2 N–H and O–H groups in total. The number of nitrogens with two attached hydrogens (primary N) is 1. The molecule has 4 heteroatoms. The third kappa shape index (κ3) is 4.06. The summed E-state index contributed by atoms with van der Waals surface area (Å²) in [6, 6.07) is 0. The van der Waals surface area contributed by atoms with Crippen molar-refractivity contribution in [3.05, 3.63) is 0 Å². The van der Waals surface area contributed by atoms with Gasteiger partial charge in [0, 0.05) is 40.6 Å². The fraction of sp³-hybridized carbons (Fsp3) is 0.750. The minimum atomic E-state index is 0. The Kier molecular flexibility index (Phi) is 6.80. The first-order chi connectivity index (χ1) is 3.18. The molecule has 0 saturated heterocycles. The maximum Gasteiger partial charge on any atom is 0.190 e. The molecule has 44 valence electrons. The summed E-state index contributed by atoms with van der Waals surface area (Å²) in [6.45, 7) is 0. The fourth-order valence-corrected chi connectivity index (χ4v) is 0.200. The average molecular weight is 167 g/mol. The van der Waals surface area contributed by atoms with Gasteiger partial charge in [-0.15, -0.1) is 0 Å². The predicted octanol–water partition coefficient (Wildman–Crippen LogP) is -0.510. The zero-order valence-corrected chi connectivity index (χ0v) is 8.65. The summed E-state index contributed by atoms with van der Waals surface area (Å²) in [5.41, 5.74) is 5.29. The van der Waals surface area contributed by atoms with Crippen LogP contribution < -0.4 is 5.73 Å². The summed E-state index contributed by atoms with van der Waals surface area (Å²) in [5.74, 6) is 0.556. The van der Waals surface area contributed by atoms with E-state index in [2.05, 4.69) is 4.99 Å². The monoisotopic (exact) mass is 165 g/mol. The molecule has 0 unspecified atom stereocenters. The van der Waals surface area contributed by atoms with E-state index in [1.54, 1.807) is 11.9 Å². The van der Waals surface area contributed by atoms with Gasteiger partial charge in [-0.2, -0.15) is 0 Å². The van der Waals surface area contributed by atoms with Crippen molar-refractivity contribution in [3.63, 3.8) is 0 Å². The summed E-state index contributed by atoms with van der Waals surface area (Å²) in [6.07, 6.45) is 0. The van der Waals surface area contributed by atoms with Crippen LogP contribution in [0.15, 0.2) is 4.99 Å². The zero-order chi connectivity index (χ0) is 5.86. The molecule has 0 heterocycles. The first-order valence-electron chi connectivity index (χ1n) is 2.08. The predicted molar refractivity (Wildman–Crippen MR) is 31.2 cm³/mol. The summed E-state index contributed by atoms with van der Waals surface area (Å²) in [4.78, 5) is 5.46. The molecule has 0 rings (SSSR count). The molecule has 0 saturated carbocycles. The standard InChI is InChI=1S/C4H11N3.Zn/c1-6-4(5)7(2)3;/h1-3H3,(H2,5,6);. The normalized spacial score (nSPS) is 10.1. The van der Waals surface area contributed by atoms with Gasteiger partial charge in [-0.05, 0) is 0 Å². The van der Waals surface area contributed by atoms with Crippen molar-refractivity contribution in [1.29, 1.82) is 0 Å². The van der Waals surface area contributed by atoms with Crippen LogP contribution in [-0.2, 0) is 19.5 Å². The smallest absolute Gasteiger partial charge is 0.190 e. The number of aliphatic imine (C=N–C) groups is 1. The minimum Gasteiger partial charge on any atom is -0.370 e. The van der Waals surface area contributed by atoms with Gasteiger partial charge >= 0.3 is 0 Å². The molecule has 0 aliphatic heterocycles. The number of hydrogen-bond acceptors (Lipinski definition) is 1. The van der Waals surface area contributed by atoms with Crippen molar-refractivity contribution in [1.82, 2.24) is 4.90 Å². The molecule has 0 bridgehead atoms. The van der Waals surface area contributed by atoms with Gasteiger partial charge in [0.1, 0.15) is 0 Å². The van der Waals surface area contributed by atoms with E-state index >= 15 is 0 Å². The summed E-state index contributed by atoms with van der Waals surface area (Å²) in [7, 11) is 5.36. The molecule has 0 aromatic heterocycles. The Hall–Kier alpha value is -0.107. The van der Waals surface area contributed by atoms with E-state index in [1.165, 1.54) is 0 Å². The van der Waals surface area contributed by atoms with Crippen LogP contribution in [0, 0.1) is 0 Å². The molecule has 0 amide bonds. The van der Waals surface area contributed by atoms with E-state index in [0.29, 0.717) is 5.96 Å². The van der Waals surface area contributed by atoms with Crippen LogP contribution >= 0.6 is 0 Å².